The van der Waals surface area contributed by atoms with Gasteiger partial charge in [0.05, 0.1) is 23.0 Å². The van der Waals surface area contributed by atoms with E-state index in [-0.39, 0.29) is 6.04 Å². The Hall–Kier alpha value is -3.76. The zero-order chi connectivity index (χ0) is 22.0. The van der Waals surface area contributed by atoms with E-state index < -0.39 is 5.97 Å². The molecule has 0 radical (unpaired) electrons. The number of nitrogens with two attached hydrogens (primary N) is 2. The highest BCUT2D eigenvalue weighted by atomic mass is 32.1. The number of carbonyl (C=O) groups excluding carboxylic acids is 1. The van der Waals surface area contributed by atoms with Crippen molar-refractivity contribution in [1.82, 2.24) is 20.0 Å². The molecule has 4 N–H and O–H groups in total. The molecule has 0 bridgehead atoms. The summed E-state index contributed by atoms with van der Waals surface area (Å²) in [5, 5.41) is 15.2. The lowest BCUT2D eigenvalue weighted by Gasteiger charge is -2.18. The molecule has 0 fully saturated rings. The largest absolute Gasteiger partial charge is 0.397 e. The number of anilines is 2. The maximum Gasteiger partial charge on any atom is 0.365 e. The highest BCUT2D eigenvalue weighted by molar-refractivity contribution is 7.17. The summed E-state index contributed by atoms with van der Waals surface area (Å²) < 4.78 is 1.88. The van der Waals surface area contributed by atoms with Crippen LogP contribution < -0.4 is 16.7 Å². The van der Waals surface area contributed by atoms with Gasteiger partial charge < -0.3 is 10.6 Å². The summed E-state index contributed by atoms with van der Waals surface area (Å²) in [6, 6.07) is 14.0. The number of hydrogen-bond acceptors (Lipinski definition) is 9. The van der Waals surface area contributed by atoms with Crippen LogP contribution in [0.5, 0.6) is 0 Å². The van der Waals surface area contributed by atoms with E-state index in [0.29, 0.717) is 16.9 Å². The highest BCUT2D eigenvalue weighted by Crippen LogP contribution is 2.30. The molecule has 0 aliphatic carbocycles. The third kappa shape index (κ3) is 4.39. The van der Waals surface area contributed by atoms with E-state index >= 15 is 0 Å². The Morgan fingerprint density at radius 3 is 2.39 bits per heavy atom. The van der Waals surface area contributed by atoms with E-state index in [0.717, 1.165) is 26.3 Å². The summed E-state index contributed by atoms with van der Waals surface area (Å²) in [5.74, 6) is 5.22. The van der Waals surface area contributed by atoms with E-state index in [2.05, 4.69) is 29.1 Å². The Balaban J connectivity index is 1.46. The quantitative estimate of drug-likeness (QED) is 0.267. The number of hydrazine groups is 1. The first-order valence-electron chi connectivity index (χ1n) is 9.52. The second kappa shape index (κ2) is 8.54. The minimum absolute atomic E-state index is 0.274. The number of nitrogens with zero attached hydrogens (tertiary/aromatic N) is 5. The van der Waals surface area contributed by atoms with Gasteiger partial charge in [-0.05, 0) is 38.1 Å². The van der Waals surface area contributed by atoms with Crippen molar-refractivity contribution >= 4 is 28.7 Å². The monoisotopic (exact) mass is 435 g/mol. The van der Waals surface area contributed by atoms with Crippen LogP contribution in [0.15, 0.2) is 60.9 Å². The van der Waals surface area contributed by atoms with Crippen LogP contribution in [-0.2, 0) is 4.84 Å². The zero-order valence-corrected chi connectivity index (χ0v) is 17.8. The third-order valence-electron chi connectivity index (χ3n) is 4.53. The van der Waals surface area contributed by atoms with E-state index in [1.807, 2.05) is 10.9 Å². The smallest absolute Gasteiger partial charge is 0.365 e. The Morgan fingerprint density at radius 2 is 1.74 bits per heavy atom. The Morgan fingerprint density at radius 1 is 1.06 bits per heavy atom. The van der Waals surface area contributed by atoms with E-state index in [1.54, 1.807) is 54.7 Å². The lowest BCUT2D eigenvalue weighted by atomic mass is 10.1. The first-order chi connectivity index (χ1) is 14.9. The maximum absolute atomic E-state index is 12.4. The average molecular weight is 436 g/mol. The number of nitrogen functional groups attached to an aromatic ring is 1. The van der Waals surface area contributed by atoms with Gasteiger partial charge in [0.1, 0.15) is 10.7 Å². The fourth-order valence-electron chi connectivity index (χ4n) is 2.82. The molecule has 31 heavy (non-hydrogen) atoms. The first kappa shape index (κ1) is 20.5. The minimum atomic E-state index is -0.601. The van der Waals surface area contributed by atoms with Gasteiger partial charge in [0, 0.05) is 17.8 Å². The lowest BCUT2D eigenvalue weighted by molar-refractivity contribution is 0.0451. The Kier molecular flexibility index (Phi) is 5.65. The minimum Gasteiger partial charge on any atom is -0.397 e. The molecule has 0 saturated heterocycles. The molecule has 2 aromatic heterocycles. The predicted molar refractivity (Wildman–Crippen MR) is 120 cm³/mol. The maximum atomic E-state index is 12.4. The number of rotatable bonds is 6. The van der Waals surface area contributed by atoms with E-state index in [1.165, 1.54) is 11.3 Å². The van der Waals surface area contributed by atoms with Crippen LogP contribution in [-0.4, -0.2) is 25.9 Å². The molecule has 0 spiro atoms. The summed E-state index contributed by atoms with van der Waals surface area (Å²) in [6.45, 7) is 4.13. The molecule has 4 rings (SSSR count). The van der Waals surface area contributed by atoms with Gasteiger partial charge >= 0.3 is 5.97 Å². The standard InChI is InChI=1S/C21H21N7O2S/c1-13(2)27-12-16(11-24-27)20-26-25-19(31-20)14-7-9-15(10-8-14)21(29)30-28(23)18-6-4-3-5-17(18)22/h3-13H,22-23H2,1-2H3. The van der Waals surface area contributed by atoms with E-state index in [4.69, 9.17) is 16.4 Å². The molecular formula is C21H21N7O2S. The number of benzene rings is 2. The number of carbonyl (C=O) groups is 1. The SMILES string of the molecule is CC(C)n1cc(-c2nnc(-c3ccc(C(=O)ON(N)c4ccccc4N)cc3)s2)cn1. The Labute approximate surface area is 182 Å². The van der Waals surface area contributed by atoms with Crippen molar-refractivity contribution in [3.8, 4) is 21.1 Å². The van der Waals surface area contributed by atoms with E-state index in [9.17, 15) is 4.79 Å². The van der Waals surface area contributed by atoms with Crippen LogP contribution in [0.2, 0.25) is 0 Å². The number of hydrogen-bond donors (Lipinski definition) is 2. The van der Waals surface area contributed by atoms with Gasteiger partial charge in [0.25, 0.3) is 0 Å². The molecule has 9 nitrogen and oxygen atoms in total. The second-order valence-electron chi connectivity index (χ2n) is 7.06. The molecule has 0 aliphatic heterocycles. The Bertz CT molecular complexity index is 1200. The summed E-state index contributed by atoms with van der Waals surface area (Å²) in [7, 11) is 0. The van der Waals surface area contributed by atoms with Crippen LogP contribution >= 0.6 is 11.3 Å². The van der Waals surface area contributed by atoms with Crippen molar-refractivity contribution in [1.29, 1.82) is 0 Å². The first-order valence-corrected chi connectivity index (χ1v) is 10.3. The molecular weight excluding hydrogens is 414 g/mol. The van der Waals surface area contributed by atoms with Crippen molar-refractivity contribution in [2.45, 2.75) is 19.9 Å². The number of aromatic nitrogens is 4. The highest BCUT2D eigenvalue weighted by Gasteiger charge is 2.16. The van der Waals surface area contributed by atoms with Crippen LogP contribution in [0, 0.1) is 0 Å². The van der Waals surface area contributed by atoms with Crippen molar-refractivity contribution < 1.29 is 9.63 Å². The van der Waals surface area contributed by atoms with Gasteiger partial charge in [-0.25, -0.2) is 10.6 Å². The molecule has 0 aliphatic rings. The average Bonchev–Trinajstić information content (AvgIpc) is 3.44. The van der Waals surface area contributed by atoms with Crippen molar-refractivity contribution in [3.63, 3.8) is 0 Å². The molecule has 4 aromatic rings. The molecule has 0 unspecified atom stereocenters. The molecule has 2 heterocycles. The van der Waals surface area contributed by atoms with Crippen LogP contribution in [0.1, 0.15) is 30.2 Å². The summed E-state index contributed by atoms with van der Waals surface area (Å²) in [4.78, 5) is 17.6. The molecule has 0 atom stereocenters. The third-order valence-corrected chi connectivity index (χ3v) is 5.55. The van der Waals surface area contributed by atoms with Crippen LogP contribution in [0.4, 0.5) is 11.4 Å². The summed E-state index contributed by atoms with van der Waals surface area (Å²) >= 11 is 1.45. The molecule has 0 amide bonds. The van der Waals surface area contributed by atoms with Gasteiger partial charge in [-0.2, -0.15) is 5.10 Å². The normalized spacial score (nSPS) is 11.0. The van der Waals surface area contributed by atoms with Crippen molar-refractivity contribution in [2.24, 2.45) is 5.84 Å². The van der Waals surface area contributed by atoms with Crippen LogP contribution in [0.25, 0.3) is 21.1 Å². The lowest BCUT2D eigenvalue weighted by Crippen LogP contribution is -2.34. The van der Waals surface area contributed by atoms with Crippen molar-refractivity contribution in [2.75, 3.05) is 10.9 Å². The summed E-state index contributed by atoms with van der Waals surface area (Å²) in [5.41, 5.74) is 8.75. The topological polar surface area (TPSA) is 125 Å². The zero-order valence-electron chi connectivity index (χ0n) is 17.0. The predicted octanol–water partition coefficient (Wildman–Crippen LogP) is 3.68. The molecule has 2 aromatic carbocycles. The van der Waals surface area contributed by atoms with Crippen LogP contribution in [0.3, 0.4) is 0 Å². The second-order valence-corrected chi connectivity index (χ2v) is 8.03. The number of para-hydroxylation sites is 2. The van der Waals surface area contributed by atoms with Gasteiger partial charge in [0.15, 0.2) is 5.01 Å². The van der Waals surface area contributed by atoms with Gasteiger partial charge in [-0.3, -0.25) is 4.68 Å². The van der Waals surface area contributed by atoms with Gasteiger partial charge in [0.2, 0.25) is 0 Å². The fraction of sp³-hybridized carbons (Fsp3) is 0.143. The summed E-state index contributed by atoms with van der Waals surface area (Å²) in [6.07, 6.45) is 3.73. The molecule has 0 saturated carbocycles. The molecule has 158 valence electrons. The van der Waals surface area contributed by atoms with Crippen molar-refractivity contribution in [3.05, 3.63) is 66.5 Å². The van der Waals surface area contributed by atoms with Gasteiger partial charge in [-0.15, -0.1) is 15.4 Å². The fourth-order valence-corrected chi connectivity index (χ4v) is 3.64. The van der Waals surface area contributed by atoms with Gasteiger partial charge in [-0.1, -0.05) is 35.6 Å². The molecule has 10 heteroatoms.